The Morgan fingerprint density at radius 1 is 1.00 bits per heavy atom. The fourth-order valence-corrected chi connectivity index (χ4v) is 2.45. The minimum atomic E-state index is 0.779. The molecule has 0 unspecified atom stereocenters. The number of hydrogen-bond acceptors (Lipinski definition) is 3. The van der Waals surface area contributed by atoms with Gasteiger partial charge in [-0.25, -0.2) is 9.97 Å². The summed E-state index contributed by atoms with van der Waals surface area (Å²) in [7, 11) is 0. The Hall–Kier alpha value is -2.49. The van der Waals surface area contributed by atoms with Gasteiger partial charge >= 0.3 is 0 Å². The predicted octanol–water partition coefficient (Wildman–Crippen LogP) is 3.01. The van der Waals surface area contributed by atoms with Crippen LogP contribution in [-0.4, -0.2) is 19.7 Å². The Morgan fingerprint density at radius 2 is 1.70 bits per heavy atom. The van der Waals surface area contributed by atoms with Crippen molar-refractivity contribution in [3.63, 3.8) is 0 Å². The Kier molecular flexibility index (Phi) is 3.29. The molecule has 0 radical (unpaired) electrons. The van der Waals surface area contributed by atoms with Gasteiger partial charge in [-0.05, 0) is 19.4 Å². The highest BCUT2D eigenvalue weighted by Gasteiger charge is 2.13. The lowest BCUT2D eigenvalue weighted by Crippen LogP contribution is -2.03. The fraction of sp³-hybridized carbons (Fsp3) is 0.188. The van der Waals surface area contributed by atoms with E-state index < -0.39 is 0 Å². The molecule has 0 spiro atoms. The third-order valence-corrected chi connectivity index (χ3v) is 3.41. The minimum Gasteiger partial charge on any atom is -0.265 e. The molecule has 3 rings (SSSR count). The Labute approximate surface area is 118 Å². The van der Waals surface area contributed by atoms with Gasteiger partial charge in [0.2, 0.25) is 0 Å². The third-order valence-electron chi connectivity index (χ3n) is 3.41. The SMILES string of the molecule is Cc1nn(Cc2ccccc2)c(C)c1-c1cncnc1. The molecule has 0 amide bonds. The topological polar surface area (TPSA) is 43.6 Å². The van der Waals surface area contributed by atoms with Crippen LogP contribution in [0.2, 0.25) is 0 Å². The maximum Gasteiger partial charge on any atom is 0.115 e. The molecule has 20 heavy (non-hydrogen) atoms. The fourth-order valence-electron chi connectivity index (χ4n) is 2.45. The van der Waals surface area contributed by atoms with Gasteiger partial charge < -0.3 is 0 Å². The average molecular weight is 264 g/mol. The van der Waals surface area contributed by atoms with Crippen LogP contribution in [0.4, 0.5) is 0 Å². The zero-order chi connectivity index (χ0) is 13.9. The first-order chi connectivity index (χ1) is 9.75. The molecule has 0 saturated heterocycles. The second kappa shape index (κ2) is 5.25. The molecule has 0 aliphatic carbocycles. The summed E-state index contributed by atoms with van der Waals surface area (Å²) in [5.74, 6) is 0. The first-order valence-electron chi connectivity index (χ1n) is 6.59. The van der Waals surface area contributed by atoms with Crippen molar-refractivity contribution in [1.29, 1.82) is 0 Å². The maximum atomic E-state index is 4.64. The van der Waals surface area contributed by atoms with Crippen LogP contribution in [-0.2, 0) is 6.54 Å². The van der Waals surface area contributed by atoms with Gasteiger partial charge in [0.05, 0.1) is 12.2 Å². The van der Waals surface area contributed by atoms with Gasteiger partial charge in [-0.2, -0.15) is 5.10 Å². The summed E-state index contributed by atoms with van der Waals surface area (Å²) in [6, 6.07) is 10.3. The number of aromatic nitrogens is 4. The van der Waals surface area contributed by atoms with E-state index in [9.17, 15) is 0 Å². The standard InChI is InChI=1S/C16H16N4/c1-12-16(15-8-17-11-18-9-15)13(2)20(19-12)10-14-6-4-3-5-7-14/h3-9,11H,10H2,1-2H3. The van der Waals surface area contributed by atoms with Gasteiger partial charge in [-0.15, -0.1) is 0 Å². The smallest absolute Gasteiger partial charge is 0.115 e. The number of aryl methyl sites for hydroxylation is 1. The molecular formula is C16H16N4. The maximum absolute atomic E-state index is 4.64. The quantitative estimate of drug-likeness (QED) is 0.730. The lowest BCUT2D eigenvalue weighted by molar-refractivity contribution is 0.659. The van der Waals surface area contributed by atoms with Gasteiger partial charge in [0.15, 0.2) is 0 Å². The molecule has 0 N–H and O–H groups in total. The molecule has 4 nitrogen and oxygen atoms in total. The Balaban J connectivity index is 1.99. The minimum absolute atomic E-state index is 0.779. The summed E-state index contributed by atoms with van der Waals surface area (Å²) in [5, 5.41) is 4.64. The average Bonchev–Trinajstić information content (AvgIpc) is 2.75. The molecule has 0 aliphatic rings. The van der Waals surface area contributed by atoms with E-state index in [1.165, 1.54) is 5.56 Å². The molecule has 2 aromatic heterocycles. The largest absolute Gasteiger partial charge is 0.265 e. The van der Waals surface area contributed by atoms with Crippen molar-refractivity contribution >= 4 is 0 Å². The highest BCUT2D eigenvalue weighted by molar-refractivity contribution is 5.66. The number of rotatable bonds is 3. The molecule has 100 valence electrons. The van der Waals surface area contributed by atoms with Crippen LogP contribution in [0.1, 0.15) is 17.0 Å². The van der Waals surface area contributed by atoms with E-state index in [2.05, 4.69) is 34.1 Å². The summed E-state index contributed by atoms with van der Waals surface area (Å²) in [5.41, 5.74) is 5.53. The Morgan fingerprint density at radius 3 is 2.40 bits per heavy atom. The highest BCUT2D eigenvalue weighted by atomic mass is 15.3. The molecule has 4 heteroatoms. The van der Waals surface area contributed by atoms with Crippen LogP contribution in [0.5, 0.6) is 0 Å². The second-order valence-electron chi connectivity index (χ2n) is 4.82. The van der Waals surface area contributed by atoms with Crippen molar-refractivity contribution < 1.29 is 0 Å². The van der Waals surface area contributed by atoms with Crippen molar-refractivity contribution in [2.45, 2.75) is 20.4 Å². The van der Waals surface area contributed by atoms with Gasteiger partial charge in [0.1, 0.15) is 6.33 Å². The Bertz CT molecular complexity index is 702. The number of hydrogen-bond donors (Lipinski definition) is 0. The van der Waals surface area contributed by atoms with Crippen LogP contribution in [0.3, 0.4) is 0 Å². The van der Waals surface area contributed by atoms with E-state index in [0.29, 0.717) is 0 Å². The molecule has 1 aromatic carbocycles. The van der Waals surface area contributed by atoms with Gasteiger partial charge in [-0.1, -0.05) is 30.3 Å². The van der Waals surface area contributed by atoms with Crippen molar-refractivity contribution in [2.75, 3.05) is 0 Å². The molecule has 3 aromatic rings. The van der Waals surface area contributed by atoms with Crippen molar-refractivity contribution in [3.8, 4) is 11.1 Å². The lowest BCUT2D eigenvalue weighted by Gasteiger charge is -2.05. The second-order valence-corrected chi connectivity index (χ2v) is 4.82. The van der Waals surface area contributed by atoms with Crippen LogP contribution in [0.15, 0.2) is 49.1 Å². The monoisotopic (exact) mass is 264 g/mol. The van der Waals surface area contributed by atoms with Gasteiger partial charge in [-0.3, -0.25) is 4.68 Å². The van der Waals surface area contributed by atoms with E-state index in [1.54, 1.807) is 6.33 Å². The molecule has 0 aliphatic heterocycles. The van der Waals surface area contributed by atoms with E-state index in [1.807, 2.05) is 42.2 Å². The van der Waals surface area contributed by atoms with Crippen LogP contribution >= 0.6 is 0 Å². The summed E-state index contributed by atoms with van der Waals surface area (Å²) >= 11 is 0. The summed E-state index contributed by atoms with van der Waals surface area (Å²) < 4.78 is 2.03. The van der Waals surface area contributed by atoms with Crippen molar-refractivity contribution in [3.05, 3.63) is 66.0 Å². The molecule has 0 saturated carbocycles. The molecule has 0 bridgehead atoms. The molecule has 0 atom stereocenters. The lowest BCUT2D eigenvalue weighted by atomic mass is 10.1. The summed E-state index contributed by atoms with van der Waals surface area (Å²) in [6.07, 6.45) is 5.20. The summed E-state index contributed by atoms with van der Waals surface area (Å²) in [6.45, 7) is 4.89. The van der Waals surface area contributed by atoms with E-state index in [4.69, 9.17) is 0 Å². The molecule has 2 heterocycles. The van der Waals surface area contributed by atoms with Gasteiger partial charge in [0.25, 0.3) is 0 Å². The zero-order valence-corrected chi connectivity index (χ0v) is 11.6. The zero-order valence-electron chi connectivity index (χ0n) is 11.6. The normalized spacial score (nSPS) is 10.7. The number of benzene rings is 1. The van der Waals surface area contributed by atoms with Crippen molar-refractivity contribution in [2.24, 2.45) is 0 Å². The van der Waals surface area contributed by atoms with E-state index >= 15 is 0 Å². The third kappa shape index (κ3) is 2.32. The van der Waals surface area contributed by atoms with Crippen LogP contribution in [0.25, 0.3) is 11.1 Å². The predicted molar refractivity (Wildman–Crippen MR) is 78.3 cm³/mol. The van der Waals surface area contributed by atoms with Crippen LogP contribution < -0.4 is 0 Å². The summed E-state index contributed by atoms with van der Waals surface area (Å²) in [4.78, 5) is 8.18. The van der Waals surface area contributed by atoms with Gasteiger partial charge in [0, 0.05) is 29.2 Å². The molecular weight excluding hydrogens is 248 g/mol. The number of nitrogens with zero attached hydrogens (tertiary/aromatic N) is 4. The molecule has 0 fully saturated rings. The van der Waals surface area contributed by atoms with Crippen molar-refractivity contribution in [1.82, 2.24) is 19.7 Å². The first-order valence-corrected chi connectivity index (χ1v) is 6.59. The van der Waals surface area contributed by atoms with E-state index in [-0.39, 0.29) is 0 Å². The van der Waals surface area contributed by atoms with E-state index in [0.717, 1.165) is 29.1 Å². The highest BCUT2D eigenvalue weighted by Crippen LogP contribution is 2.25. The van der Waals surface area contributed by atoms with Crippen LogP contribution in [0, 0.1) is 13.8 Å². The first kappa shape index (κ1) is 12.5.